The molecule has 5 aromatic rings. The Kier molecular flexibility index (Phi) is 4.47. The summed E-state index contributed by atoms with van der Waals surface area (Å²) in [7, 11) is -1.88. The molecule has 0 saturated carbocycles. The normalized spacial score (nSPS) is 15.3. The molecule has 3 aromatic heterocycles. The lowest BCUT2D eigenvalue weighted by Crippen LogP contribution is -2.45. The highest BCUT2D eigenvalue weighted by Gasteiger charge is 2.29. The second-order valence-electron chi connectivity index (χ2n) is 9.31. The molecule has 3 heterocycles. The topological polar surface area (TPSA) is 38.9 Å². The summed E-state index contributed by atoms with van der Waals surface area (Å²) in [6.45, 7) is 3.51. The number of hydrogen-bond acceptors (Lipinski definition) is 3. The van der Waals surface area contributed by atoms with Gasteiger partial charge in [0.15, 0.2) is 0 Å². The van der Waals surface area contributed by atoms with E-state index in [1.807, 2.05) is 55.5 Å². The first-order chi connectivity index (χ1) is 19.3. The molecule has 3 nitrogen and oxygen atoms in total. The summed E-state index contributed by atoms with van der Waals surface area (Å²) in [5.41, 5.74) is 4.04. The fraction of sp³-hybridized carbons (Fsp3) is 0.290. The van der Waals surface area contributed by atoms with E-state index >= 15 is 0 Å². The van der Waals surface area contributed by atoms with E-state index in [1.54, 1.807) is 6.07 Å². The van der Waals surface area contributed by atoms with Crippen molar-refractivity contribution in [1.29, 1.82) is 0 Å². The van der Waals surface area contributed by atoms with Gasteiger partial charge in [-0.2, -0.15) is 0 Å². The third-order valence-electron chi connectivity index (χ3n) is 7.64. The molecule has 0 fully saturated rings. The van der Waals surface area contributed by atoms with Crippen molar-refractivity contribution in [1.82, 2.24) is 9.97 Å². The van der Waals surface area contributed by atoms with E-state index in [1.165, 1.54) is 6.20 Å². The molecule has 0 aliphatic heterocycles. The van der Waals surface area contributed by atoms with Gasteiger partial charge in [-0.1, -0.05) is 74.4 Å². The van der Waals surface area contributed by atoms with Crippen molar-refractivity contribution in [2.75, 3.05) is 0 Å². The average Bonchev–Trinajstić information content (AvgIpc) is 3.30. The molecule has 0 spiro atoms. The third-order valence-corrected chi connectivity index (χ3v) is 13.2. The van der Waals surface area contributed by atoms with Crippen molar-refractivity contribution in [3.63, 3.8) is 0 Å². The minimum absolute atomic E-state index is 0.0126. The lowest BCUT2D eigenvalue weighted by atomic mass is 9.96. The van der Waals surface area contributed by atoms with E-state index in [-0.39, 0.29) is 11.1 Å². The number of furan rings is 1. The van der Waals surface area contributed by atoms with Gasteiger partial charge in [-0.05, 0) is 67.1 Å². The van der Waals surface area contributed by atoms with Crippen LogP contribution in [0.4, 0.5) is 0 Å². The van der Waals surface area contributed by atoms with Gasteiger partial charge in [0.2, 0.25) is 5.71 Å². The fourth-order valence-electron chi connectivity index (χ4n) is 5.27. The van der Waals surface area contributed by atoms with Gasteiger partial charge < -0.3 is 4.42 Å². The first-order valence-corrected chi connectivity index (χ1v) is 14.9. The van der Waals surface area contributed by atoms with Crippen molar-refractivity contribution < 1.29 is 12.6 Å². The first kappa shape index (κ1) is 17.2. The Morgan fingerprint density at radius 3 is 2.37 bits per heavy atom. The molecule has 178 valence electrons. The Morgan fingerprint density at radius 1 is 0.829 bits per heavy atom. The smallest absolute Gasteiger partial charge is 0.227 e. The highest BCUT2D eigenvalue weighted by atomic mass is 28.3. The highest BCUT2D eigenvalue weighted by Crippen LogP contribution is 2.37. The number of rotatable bonds is 6. The Labute approximate surface area is 217 Å². The monoisotopic (exact) mass is 484 g/mol. The lowest BCUT2D eigenvalue weighted by Gasteiger charge is -2.29. The maximum absolute atomic E-state index is 8.44. The molecule has 35 heavy (non-hydrogen) atoms. The van der Waals surface area contributed by atoms with Crippen LogP contribution in [0.3, 0.4) is 0 Å². The summed E-state index contributed by atoms with van der Waals surface area (Å²) in [6.07, 6.45) is 1.35. The minimum Gasteiger partial charge on any atom is -0.437 e. The average molecular weight is 485 g/mol. The van der Waals surface area contributed by atoms with Gasteiger partial charge >= 0.3 is 0 Å². The molecule has 0 bridgehead atoms. The number of pyridine rings is 2. The standard InChI is InChI=1S/C31H34N2OSi/c1-7-35(8-2,9-3)23-14-16-24(20(4)17-23)28-18-29(32-19-21(28)5)27-12-10-11-25-26-15-13-22(6)33-31(26)34-30(25)27/h10-19H,7-9H2,1-6H3/i4D3,5D3. The second-order valence-corrected chi connectivity index (χ2v) is 14.6. The molecule has 0 saturated heterocycles. The van der Waals surface area contributed by atoms with E-state index in [9.17, 15) is 0 Å². The van der Waals surface area contributed by atoms with Gasteiger partial charge in [-0.3, -0.25) is 4.98 Å². The lowest BCUT2D eigenvalue weighted by molar-refractivity contribution is 0.653. The summed E-state index contributed by atoms with van der Waals surface area (Å²) < 4.78 is 56.3. The minimum atomic E-state index is -2.49. The van der Waals surface area contributed by atoms with E-state index in [0.29, 0.717) is 33.7 Å². The predicted molar refractivity (Wildman–Crippen MR) is 151 cm³/mol. The van der Waals surface area contributed by atoms with E-state index in [0.717, 1.165) is 39.8 Å². The summed E-state index contributed by atoms with van der Waals surface area (Å²) in [4.78, 5) is 9.08. The zero-order chi connectivity index (χ0) is 29.7. The molecular weight excluding hydrogens is 444 g/mol. The maximum atomic E-state index is 8.44. The number of fused-ring (bicyclic) bond motifs is 3. The number of aryl methyl sites for hydroxylation is 3. The molecule has 0 aliphatic carbocycles. The van der Waals surface area contributed by atoms with Crippen LogP contribution < -0.4 is 5.19 Å². The number of nitrogens with zero attached hydrogens (tertiary/aromatic N) is 2. The largest absolute Gasteiger partial charge is 0.437 e. The van der Waals surface area contributed by atoms with Crippen LogP contribution in [0, 0.1) is 20.6 Å². The van der Waals surface area contributed by atoms with Crippen LogP contribution in [0.1, 0.15) is 45.8 Å². The molecular formula is C31H34N2OSi. The zero-order valence-corrected chi connectivity index (χ0v) is 21.7. The predicted octanol–water partition coefficient (Wildman–Crippen LogP) is 8.35. The molecule has 0 unspecified atom stereocenters. The Morgan fingerprint density at radius 2 is 1.63 bits per heavy atom. The summed E-state index contributed by atoms with van der Waals surface area (Å²) >= 11 is 0. The van der Waals surface area contributed by atoms with Gasteiger partial charge in [-0.25, -0.2) is 4.98 Å². The van der Waals surface area contributed by atoms with Crippen LogP contribution in [0.25, 0.3) is 44.5 Å². The summed E-state index contributed by atoms with van der Waals surface area (Å²) in [6, 6.07) is 20.0. The molecule has 5 rings (SSSR count). The molecule has 0 N–H and O–H groups in total. The molecule has 0 atom stereocenters. The Balaban J connectivity index is 1.78. The van der Waals surface area contributed by atoms with Crippen LogP contribution in [-0.2, 0) is 0 Å². The number of benzene rings is 2. The SMILES string of the molecule is [2H]C([2H])([2H])c1cnc(-c2cccc3c2oc2nc(C)ccc23)cc1-c1ccc([Si](CC)(CC)CC)cc1C([2H])([2H])[2H]. The van der Waals surface area contributed by atoms with Gasteiger partial charge in [0, 0.05) is 36.5 Å². The summed E-state index contributed by atoms with van der Waals surface area (Å²) in [5, 5.41) is 2.85. The van der Waals surface area contributed by atoms with Crippen molar-refractivity contribution in [2.45, 2.75) is 59.5 Å². The Hall–Kier alpha value is -3.24. The molecule has 0 aliphatic rings. The van der Waals surface area contributed by atoms with E-state index < -0.39 is 21.8 Å². The molecule has 2 aromatic carbocycles. The number of aromatic nitrogens is 2. The Bertz CT molecular complexity index is 1740. The van der Waals surface area contributed by atoms with Crippen molar-refractivity contribution in [2.24, 2.45) is 0 Å². The van der Waals surface area contributed by atoms with E-state index in [2.05, 4.69) is 30.7 Å². The molecule has 0 amide bonds. The first-order valence-electron chi connectivity index (χ1n) is 15.3. The fourth-order valence-corrected chi connectivity index (χ4v) is 8.88. The van der Waals surface area contributed by atoms with Gasteiger partial charge in [-0.15, -0.1) is 0 Å². The van der Waals surface area contributed by atoms with Crippen LogP contribution >= 0.6 is 0 Å². The van der Waals surface area contributed by atoms with Crippen LogP contribution in [0.15, 0.2) is 65.2 Å². The molecule has 4 heteroatoms. The van der Waals surface area contributed by atoms with Crippen molar-refractivity contribution >= 4 is 35.3 Å². The van der Waals surface area contributed by atoms with Gasteiger partial charge in [0.1, 0.15) is 5.58 Å². The highest BCUT2D eigenvalue weighted by molar-refractivity contribution is 6.91. The van der Waals surface area contributed by atoms with Gasteiger partial charge in [0.25, 0.3) is 0 Å². The van der Waals surface area contributed by atoms with Crippen molar-refractivity contribution in [3.05, 3.63) is 77.6 Å². The van der Waals surface area contributed by atoms with Crippen LogP contribution in [0.5, 0.6) is 0 Å². The van der Waals surface area contributed by atoms with Crippen LogP contribution in [-0.4, -0.2) is 18.0 Å². The van der Waals surface area contributed by atoms with Gasteiger partial charge in [0.05, 0.1) is 13.8 Å². The summed E-state index contributed by atoms with van der Waals surface area (Å²) in [5.74, 6) is 0. The van der Waals surface area contributed by atoms with E-state index in [4.69, 9.17) is 12.6 Å². The maximum Gasteiger partial charge on any atom is 0.227 e. The second kappa shape index (κ2) is 9.08. The van der Waals surface area contributed by atoms with Crippen molar-refractivity contribution in [3.8, 4) is 22.4 Å². The van der Waals surface area contributed by atoms with Crippen LogP contribution in [0.2, 0.25) is 18.1 Å². The quantitative estimate of drug-likeness (QED) is 0.227. The third kappa shape index (κ3) is 3.90. The zero-order valence-electron chi connectivity index (χ0n) is 26.7. The number of hydrogen-bond donors (Lipinski definition) is 0. The molecule has 0 radical (unpaired) electrons. The number of para-hydroxylation sites is 1.